The molecular weight excluding hydrogens is 246 g/mol. The third kappa shape index (κ3) is 4.95. The van der Waals surface area contributed by atoms with Gasteiger partial charge in [0.15, 0.2) is 0 Å². The Morgan fingerprint density at radius 1 is 1.47 bits per heavy atom. The lowest BCUT2D eigenvalue weighted by Crippen LogP contribution is -2.45. The van der Waals surface area contributed by atoms with E-state index in [1.807, 2.05) is 19.1 Å². The zero-order valence-corrected chi connectivity index (χ0v) is 11.2. The van der Waals surface area contributed by atoms with Crippen molar-refractivity contribution in [3.05, 3.63) is 30.1 Å². The lowest BCUT2D eigenvalue weighted by Gasteiger charge is -2.27. The molecule has 1 aromatic rings. The largest absolute Gasteiger partial charge is 0.481 e. The topological polar surface area (TPSA) is 82.5 Å². The number of carboxylic acids is 1. The van der Waals surface area contributed by atoms with Gasteiger partial charge >= 0.3 is 12.0 Å². The van der Waals surface area contributed by atoms with E-state index in [2.05, 4.69) is 10.3 Å². The van der Waals surface area contributed by atoms with Gasteiger partial charge in [-0.2, -0.15) is 0 Å². The maximum absolute atomic E-state index is 12.0. The van der Waals surface area contributed by atoms with Gasteiger partial charge in [-0.3, -0.25) is 9.78 Å². The Labute approximate surface area is 112 Å². The fraction of sp³-hybridized carbons (Fsp3) is 0.462. The second-order valence-electron chi connectivity index (χ2n) is 4.21. The molecule has 1 rings (SSSR count). The van der Waals surface area contributed by atoms with Crippen molar-refractivity contribution in [2.45, 2.75) is 32.9 Å². The van der Waals surface area contributed by atoms with E-state index in [-0.39, 0.29) is 18.5 Å². The van der Waals surface area contributed by atoms with Gasteiger partial charge in [0.2, 0.25) is 0 Å². The molecule has 2 N–H and O–H groups in total. The van der Waals surface area contributed by atoms with Gasteiger partial charge in [-0.1, -0.05) is 6.07 Å². The van der Waals surface area contributed by atoms with E-state index in [0.717, 1.165) is 5.69 Å². The number of hydrogen-bond donors (Lipinski definition) is 2. The van der Waals surface area contributed by atoms with E-state index < -0.39 is 5.97 Å². The number of aliphatic carboxylic acids is 1. The number of carbonyl (C=O) groups is 2. The monoisotopic (exact) mass is 265 g/mol. The van der Waals surface area contributed by atoms with Crippen LogP contribution in [-0.4, -0.2) is 39.6 Å². The third-order valence-electron chi connectivity index (χ3n) is 2.75. The van der Waals surface area contributed by atoms with E-state index >= 15 is 0 Å². The summed E-state index contributed by atoms with van der Waals surface area (Å²) >= 11 is 0. The number of rotatable bonds is 6. The minimum Gasteiger partial charge on any atom is -0.481 e. The maximum atomic E-state index is 12.0. The molecule has 0 aliphatic carbocycles. The van der Waals surface area contributed by atoms with Gasteiger partial charge in [0.25, 0.3) is 0 Å². The number of aromatic nitrogens is 1. The lowest BCUT2D eigenvalue weighted by molar-refractivity contribution is -0.138. The molecule has 104 valence electrons. The van der Waals surface area contributed by atoms with Crippen molar-refractivity contribution in [3.8, 4) is 0 Å². The van der Waals surface area contributed by atoms with E-state index in [1.54, 1.807) is 19.2 Å². The van der Waals surface area contributed by atoms with Gasteiger partial charge in [-0.05, 0) is 26.0 Å². The van der Waals surface area contributed by atoms with Crippen molar-refractivity contribution in [1.29, 1.82) is 0 Å². The van der Waals surface area contributed by atoms with Crippen LogP contribution in [0.3, 0.4) is 0 Å². The molecule has 0 fully saturated rings. The quantitative estimate of drug-likeness (QED) is 0.816. The van der Waals surface area contributed by atoms with Gasteiger partial charge in [0, 0.05) is 18.8 Å². The number of pyridine rings is 1. The molecule has 2 amide bonds. The van der Waals surface area contributed by atoms with Crippen molar-refractivity contribution in [1.82, 2.24) is 15.2 Å². The molecule has 6 heteroatoms. The summed E-state index contributed by atoms with van der Waals surface area (Å²) in [6, 6.07) is 4.85. The van der Waals surface area contributed by atoms with Crippen LogP contribution in [0, 0.1) is 0 Å². The third-order valence-corrected chi connectivity index (χ3v) is 2.75. The highest BCUT2D eigenvalue weighted by molar-refractivity contribution is 5.75. The van der Waals surface area contributed by atoms with Crippen LogP contribution in [0.5, 0.6) is 0 Å². The Bertz CT molecular complexity index is 422. The van der Waals surface area contributed by atoms with E-state index in [4.69, 9.17) is 5.11 Å². The molecule has 0 aliphatic rings. The maximum Gasteiger partial charge on any atom is 0.317 e. The molecule has 6 nitrogen and oxygen atoms in total. The fourth-order valence-corrected chi connectivity index (χ4v) is 1.79. The summed E-state index contributed by atoms with van der Waals surface area (Å²) in [5, 5.41) is 11.5. The average molecular weight is 265 g/mol. The van der Waals surface area contributed by atoms with Crippen molar-refractivity contribution in [3.63, 3.8) is 0 Å². The van der Waals surface area contributed by atoms with Gasteiger partial charge in [0.05, 0.1) is 18.7 Å². The number of urea groups is 1. The van der Waals surface area contributed by atoms with Crippen LogP contribution in [0.25, 0.3) is 0 Å². The molecule has 19 heavy (non-hydrogen) atoms. The van der Waals surface area contributed by atoms with Gasteiger partial charge in [-0.25, -0.2) is 4.79 Å². The predicted octanol–water partition coefficient (Wildman–Crippen LogP) is 1.48. The van der Waals surface area contributed by atoms with Crippen molar-refractivity contribution in [2.24, 2.45) is 0 Å². The first-order valence-corrected chi connectivity index (χ1v) is 6.20. The standard InChI is InChI=1S/C13H19N3O3/c1-3-16(10(2)8-12(17)18)13(19)15-9-11-6-4-5-7-14-11/h4-7,10H,3,8-9H2,1-2H3,(H,15,19)(H,17,18). The molecule has 1 atom stereocenters. The number of nitrogens with one attached hydrogen (secondary N) is 1. The first-order valence-electron chi connectivity index (χ1n) is 6.20. The van der Waals surface area contributed by atoms with Crippen LogP contribution in [0.2, 0.25) is 0 Å². The van der Waals surface area contributed by atoms with Crippen LogP contribution >= 0.6 is 0 Å². The summed E-state index contributed by atoms with van der Waals surface area (Å²) < 4.78 is 0. The van der Waals surface area contributed by atoms with Crippen LogP contribution in [0.4, 0.5) is 4.79 Å². The molecule has 0 saturated heterocycles. The number of amides is 2. The number of nitrogens with zero attached hydrogens (tertiary/aromatic N) is 2. The second-order valence-corrected chi connectivity index (χ2v) is 4.21. The summed E-state index contributed by atoms with van der Waals surface area (Å²) in [6.45, 7) is 4.33. The molecule has 0 bridgehead atoms. The minimum atomic E-state index is -0.913. The Kier molecular flexibility index (Phi) is 5.78. The normalized spacial score (nSPS) is 11.7. The fourth-order valence-electron chi connectivity index (χ4n) is 1.79. The number of carboxylic acid groups (broad SMARTS) is 1. The smallest absolute Gasteiger partial charge is 0.317 e. The second kappa shape index (κ2) is 7.35. The van der Waals surface area contributed by atoms with Gasteiger partial charge in [-0.15, -0.1) is 0 Å². The molecule has 0 aromatic carbocycles. The molecule has 1 heterocycles. The van der Waals surface area contributed by atoms with Crippen LogP contribution < -0.4 is 5.32 Å². The van der Waals surface area contributed by atoms with Crippen molar-refractivity contribution >= 4 is 12.0 Å². The molecule has 0 radical (unpaired) electrons. The zero-order chi connectivity index (χ0) is 14.3. The van der Waals surface area contributed by atoms with Crippen molar-refractivity contribution < 1.29 is 14.7 Å². The Morgan fingerprint density at radius 3 is 2.74 bits per heavy atom. The highest BCUT2D eigenvalue weighted by Gasteiger charge is 2.20. The summed E-state index contributed by atoms with van der Waals surface area (Å²) in [5.41, 5.74) is 0.762. The van der Waals surface area contributed by atoms with Gasteiger partial charge < -0.3 is 15.3 Å². The minimum absolute atomic E-state index is 0.0646. The summed E-state index contributed by atoms with van der Waals surface area (Å²) in [4.78, 5) is 28.2. The molecule has 1 aromatic heterocycles. The Morgan fingerprint density at radius 2 is 2.21 bits per heavy atom. The van der Waals surface area contributed by atoms with E-state index in [9.17, 15) is 9.59 Å². The Balaban J connectivity index is 2.52. The highest BCUT2D eigenvalue weighted by atomic mass is 16.4. The van der Waals surface area contributed by atoms with E-state index in [1.165, 1.54) is 4.90 Å². The highest BCUT2D eigenvalue weighted by Crippen LogP contribution is 2.04. The molecule has 0 aliphatic heterocycles. The SMILES string of the molecule is CCN(C(=O)NCc1ccccn1)C(C)CC(=O)O. The van der Waals surface area contributed by atoms with Crippen LogP contribution in [-0.2, 0) is 11.3 Å². The zero-order valence-electron chi connectivity index (χ0n) is 11.2. The molecular formula is C13H19N3O3. The number of hydrogen-bond acceptors (Lipinski definition) is 3. The van der Waals surface area contributed by atoms with E-state index in [0.29, 0.717) is 13.1 Å². The first kappa shape index (κ1) is 14.9. The summed E-state index contributed by atoms with van der Waals surface area (Å²) in [5.74, 6) is -0.913. The lowest BCUT2D eigenvalue weighted by atomic mass is 10.2. The number of carbonyl (C=O) groups excluding carboxylic acids is 1. The molecule has 0 saturated carbocycles. The Hall–Kier alpha value is -2.11. The van der Waals surface area contributed by atoms with Crippen molar-refractivity contribution in [2.75, 3.05) is 6.54 Å². The summed E-state index contributed by atoms with van der Waals surface area (Å²) in [6.07, 6.45) is 1.59. The predicted molar refractivity (Wildman–Crippen MR) is 70.6 cm³/mol. The average Bonchev–Trinajstić information content (AvgIpc) is 2.37. The van der Waals surface area contributed by atoms with Gasteiger partial charge in [0.1, 0.15) is 0 Å². The van der Waals surface area contributed by atoms with Crippen LogP contribution in [0.15, 0.2) is 24.4 Å². The molecule has 1 unspecified atom stereocenters. The van der Waals surface area contributed by atoms with Crippen LogP contribution in [0.1, 0.15) is 26.0 Å². The molecule has 0 spiro atoms. The summed E-state index contributed by atoms with van der Waals surface area (Å²) in [7, 11) is 0. The first-order chi connectivity index (χ1) is 9.04.